The molecule has 0 aliphatic carbocycles. The molecule has 1 unspecified atom stereocenters. The molecule has 0 aromatic heterocycles. The number of ether oxygens (including phenoxy) is 2. The van der Waals surface area contributed by atoms with E-state index in [0.29, 0.717) is 31.9 Å². The molecular weight excluding hydrogens is 258 g/mol. The highest BCUT2D eigenvalue weighted by Gasteiger charge is 2.21. The number of aliphatic hydroxyl groups excluding tert-OH is 2. The highest BCUT2D eigenvalue weighted by Crippen LogP contribution is 2.33. The van der Waals surface area contributed by atoms with Crippen molar-refractivity contribution in [1.82, 2.24) is 4.90 Å². The van der Waals surface area contributed by atoms with E-state index in [2.05, 4.69) is 4.90 Å². The van der Waals surface area contributed by atoms with E-state index in [9.17, 15) is 10.2 Å². The molecule has 2 atom stereocenters. The van der Waals surface area contributed by atoms with Crippen LogP contribution in [-0.4, -0.2) is 54.1 Å². The number of benzene rings is 1. The van der Waals surface area contributed by atoms with Crippen molar-refractivity contribution >= 4 is 0 Å². The van der Waals surface area contributed by atoms with Crippen molar-refractivity contribution in [2.45, 2.75) is 25.0 Å². The Kier molecular flexibility index (Phi) is 4.10. The van der Waals surface area contributed by atoms with E-state index in [0.717, 1.165) is 30.8 Å². The van der Waals surface area contributed by atoms with Crippen LogP contribution in [0.4, 0.5) is 0 Å². The topological polar surface area (TPSA) is 62.2 Å². The molecule has 2 aliphatic rings. The lowest BCUT2D eigenvalue weighted by atomic mass is 10.1. The second-order valence-electron chi connectivity index (χ2n) is 5.45. The van der Waals surface area contributed by atoms with Crippen LogP contribution in [0.25, 0.3) is 0 Å². The summed E-state index contributed by atoms with van der Waals surface area (Å²) in [6, 6.07) is 5.60. The molecular formula is C15H21NO4. The van der Waals surface area contributed by atoms with Crippen LogP contribution in [-0.2, 0) is 0 Å². The van der Waals surface area contributed by atoms with Gasteiger partial charge in [-0.1, -0.05) is 6.07 Å². The highest BCUT2D eigenvalue weighted by atomic mass is 16.6. The molecule has 1 fully saturated rings. The summed E-state index contributed by atoms with van der Waals surface area (Å²) in [5, 5.41) is 19.7. The summed E-state index contributed by atoms with van der Waals surface area (Å²) < 4.78 is 11.0. The molecule has 2 N–H and O–H groups in total. The maximum Gasteiger partial charge on any atom is 0.161 e. The monoisotopic (exact) mass is 279 g/mol. The largest absolute Gasteiger partial charge is 0.486 e. The summed E-state index contributed by atoms with van der Waals surface area (Å²) in [6.45, 7) is 3.56. The standard InChI is InChI=1S/C15H21NO4/c17-12-3-5-16(10-12)6-4-13(18)11-1-2-14-15(9-11)20-8-7-19-14/h1-2,9,12-13,17-18H,3-8,10H2/t12?,13-/m1/s1. The number of fused-ring (bicyclic) bond motifs is 1. The van der Waals surface area contributed by atoms with Gasteiger partial charge in [0.05, 0.1) is 12.2 Å². The molecule has 1 aromatic carbocycles. The Morgan fingerprint density at radius 3 is 2.80 bits per heavy atom. The van der Waals surface area contributed by atoms with Gasteiger partial charge < -0.3 is 24.6 Å². The minimum absolute atomic E-state index is 0.207. The molecule has 0 spiro atoms. The summed E-state index contributed by atoms with van der Waals surface area (Å²) in [7, 11) is 0. The Hall–Kier alpha value is -1.30. The quantitative estimate of drug-likeness (QED) is 0.859. The summed E-state index contributed by atoms with van der Waals surface area (Å²) in [4.78, 5) is 2.19. The number of likely N-dealkylation sites (tertiary alicyclic amines) is 1. The molecule has 110 valence electrons. The molecule has 0 radical (unpaired) electrons. The Morgan fingerprint density at radius 1 is 1.25 bits per heavy atom. The fourth-order valence-electron chi connectivity index (χ4n) is 2.75. The second kappa shape index (κ2) is 5.99. The second-order valence-corrected chi connectivity index (χ2v) is 5.45. The third-order valence-corrected chi connectivity index (χ3v) is 3.92. The summed E-state index contributed by atoms with van der Waals surface area (Å²) >= 11 is 0. The van der Waals surface area contributed by atoms with Crippen LogP contribution < -0.4 is 9.47 Å². The van der Waals surface area contributed by atoms with Crippen molar-refractivity contribution in [2.24, 2.45) is 0 Å². The fraction of sp³-hybridized carbons (Fsp3) is 0.600. The molecule has 2 heterocycles. The minimum atomic E-state index is -0.511. The van der Waals surface area contributed by atoms with Gasteiger partial charge in [0.25, 0.3) is 0 Å². The van der Waals surface area contributed by atoms with E-state index < -0.39 is 6.10 Å². The SMILES string of the molecule is OC1CCN(CC[C@@H](O)c2ccc3c(c2)OCCO3)C1. The number of nitrogens with zero attached hydrogens (tertiary/aromatic N) is 1. The predicted octanol–water partition coefficient (Wildman–Crippen LogP) is 0.948. The predicted molar refractivity (Wildman–Crippen MR) is 74.1 cm³/mol. The van der Waals surface area contributed by atoms with E-state index in [1.165, 1.54) is 0 Å². The lowest BCUT2D eigenvalue weighted by Gasteiger charge is -2.21. The lowest BCUT2D eigenvalue weighted by Crippen LogP contribution is -2.24. The lowest BCUT2D eigenvalue weighted by molar-refractivity contribution is 0.136. The van der Waals surface area contributed by atoms with E-state index in [-0.39, 0.29) is 6.10 Å². The van der Waals surface area contributed by atoms with Gasteiger partial charge in [-0.2, -0.15) is 0 Å². The van der Waals surface area contributed by atoms with E-state index in [4.69, 9.17) is 9.47 Å². The van der Waals surface area contributed by atoms with E-state index in [1.54, 1.807) is 0 Å². The zero-order chi connectivity index (χ0) is 13.9. The highest BCUT2D eigenvalue weighted by molar-refractivity contribution is 5.44. The molecule has 5 heteroatoms. The van der Waals surface area contributed by atoms with Crippen LogP contribution >= 0.6 is 0 Å². The van der Waals surface area contributed by atoms with Crippen molar-refractivity contribution in [3.8, 4) is 11.5 Å². The maximum atomic E-state index is 10.3. The van der Waals surface area contributed by atoms with Gasteiger partial charge in [-0.05, 0) is 30.5 Å². The van der Waals surface area contributed by atoms with Gasteiger partial charge in [0, 0.05) is 19.6 Å². The summed E-state index contributed by atoms with van der Waals surface area (Å²) in [6.07, 6.45) is 0.775. The first-order chi connectivity index (χ1) is 9.72. The zero-order valence-corrected chi connectivity index (χ0v) is 11.5. The smallest absolute Gasteiger partial charge is 0.161 e. The van der Waals surface area contributed by atoms with Crippen molar-refractivity contribution < 1.29 is 19.7 Å². The molecule has 0 amide bonds. The van der Waals surface area contributed by atoms with Crippen molar-refractivity contribution in [1.29, 1.82) is 0 Å². The van der Waals surface area contributed by atoms with Gasteiger partial charge in [0.2, 0.25) is 0 Å². The molecule has 1 saturated heterocycles. The van der Waals surface area contributed by atoms with Gasteiger partial charge in [0.15, 0.2) is 11.5 Å². The average molecular weight is 279 g/mol. The van der Waals surface area contributed by atoms with Crippen LogP contribution in [0.3, 0.4) is 0 Å². The Bertz CT molecular complexity index is 465. The normalized spacial score (nSPS) is 23.8. The average Bonchev–Trinajstić information content (AvgIpc) is 2.90. The van der Waals surface area contributed by atoms with Gasteiger partial charge in [0.1, 0.15) is 13.2 Å². The molecule has 0 saturated carbocycles. The molecule has 3 rings (SSSR count). The van der Waals surface area contributed by atoms with Gasteiger partial charge in [-0.3, -0.25) is 0 Å². The van der Waals surface area contributed by atoms with Crippen LogP contribution in [0, 0.1) is 0 Å². The van der Waals surface area contributed by atoms with Gasteiger partial charge in [-0.15, -0.1) is 0 Å². The Balaban J connectivity index is 1.58. The summed E-state index contributed by atoms with van der Waals surface area (Å²) in [5.41, 5.74) is 0.856. The molecule has 5 nitrogen and oxygen atoms in total. The Labute approximate surface area is 118 Å². The molecule has 1 aromatic rings. The first-order valence-corrected chi connectivity index (χ1v) is 7.20. The third-order valence-electron chi connectivity index (χ3n) is 3.92. The van der Waals surface area contributed by atoms with Crippen molar-refractivity contribution in [2.75, 3.05) is 32.8 Å². The van der Waals surface area contributed by atoms with Gasteiger partial charge >= 0.3 is 0 Å². The first-order valence-electron chi connectivity index (χ1n) is 7.20. The third kappa shape index (κ3) is 3.06. The van der Waals surface area contributed by atoms with E-state index >= 15 is 0 Å². The molecule has 0 bridgehead atoms. The number of β-amino-alcohol motifs (C(OH)–C–C–N with tert-alkyl or cyclic N) is 1. The fourth-order valence-corrected chi connectivity index (χ4v) is 2.75. The number of hydrogen-bond donors (Lipinski definition) is 2. The number of aliphatic hydroxyl groups is 2. The molecule has 20 heavy (non-hydrogen) atoms. The minimum Gasteiger partial charge on any atom is -0.486 e. The van der Waals surface area contributed by atoms with Crippen molar-refractivity contribution in [3.63, 3.8) is 0 Å². The number of hydrogen-bond acceptors (Lipinski definition) is 5. The van der Waals surface area contributed by atoms with Crippen LogP contribution in [0.5, 0.6) is 11.5 Å². The van der Waals surface area contributed by atoms with Crippen LogP contribution in [0.2, 0.25) is 0 Å². The first kappa shape index (κ1) is 13.7. The molecule has 2 aliphatic heterocycles. The van der Waals surface area contributed by atoms with Crippen LogP contribution in [0.15, 0.2) is 18.2 Å². The van der Waals surface area contributed by atoms with Crippen LogP contribution in [0.1, 0.15) is 24.5 Å². The zero-order valence-electron chi connectivity index (χ0n) is 11.5. The Morgan fingerprint density at radius 2 is 2.05 bits per heavy atom. The maximum absolute atomic E-state index is 10.3. The van der Waals surface area contributed by atoms with Crippen molar-refractivity contribution in [3.05, 3.63) is 23.8 Å². The number of rotatable bonds is 4. The van der Waals surface area contributed by atoms with Gasteiger partial charge in [-0.25, -0.2) is 0 Å². The van der Waals surface area contributed by atoms with E-state index in [1.807, 2.05) is 18.2 Å². The summed E-state index contributed by atoms with van der Waals surface area (Å²) in [5.74, 6) is 1.46.